The molecule has 1 amide bonds. The van der Waals surface area contributed by atoms with Gasteiger partial charge in [-0.25, -0.2) is 4.79 Å². The van der Waals surface area contributed by atoms with E-state index < -0.39 is 24.0 Å². The van der Waals surface area contributed by atoms with Crippen molar-refractivity contribution >= 4 is 22.8 Å². The van der Waals surface area contributed by atoms with Crippen molar-refractivity contribution in [2.75, 3.05) is 14.2 Å². The highest BCUT2D eigenvalue weighted by Gasteiger charge is 2.27. The average molecular weight is 378 g/mol. The predicted octanol–water partition coefficient (Wildman–Crippen LogP) is 2.82. The molecule has 1 heterocycles. The maximum absolute atomic E-state index is 12.7. The van der Waals surface area contributed by atoms with E-state index in [2.05, 4.69) is 10.3 Å². The quantitative estimate of drug-likeness (QED) is 0.640. The Morgan fingerprint density at radius 2 is 1.68 bits per heavy atom. The number of para-hydroxylation sites is 1. The van der Waals surface area contributed by atoms with Crippen LogP contribution in [0.4, 0.5) is 0 Å². The van der Waals surface area contributed by atoms with Gasteiger partial charge in [0.1, 0.15) is 6.04 Å². The summed E-state index contributed by atoms with van der Waals surface area (Å²) in [5, 5.41) is 3.74. The van der Waals surface area contributed by atoms with Crippen LogP contribution < -0.4 is 5.32 Å². The molecule has 0 fully saturated rings. The fraction of sp³-hybridized carbons (Fsp3) is 0.227. The monoisotopic (exact) mass is 378 g/mol. The Bertz CT molecular complexity index is 959. The fourth-order valence-electron chi connectivity index (χ4n) is 3.04. The number of esters is 1. The van der Waals surface area contributed by atoms with Crippen molar-refractivity contribution in [2.45, 2.75) is 18.6 Å². The van der Waals surface area contributed by atoms with Gasteiger partial charge in [-0.15, -0.1) is 0 Å². The van der Waals surface area contributed by atoms with Gasteiger partial charge in [-0.05, 0) is 17.7 Å². The number of pyridine rings is 1. The molecular formula is C22H22N2O4. The first-order valence-electron chi connectivity index (χ1n) is 8.93. The van der Waals surface area contributed by atoms with Crippen LogP contribution in [-0.4, -0.2) is 37.1 Å². The van der Waals surface area contributed by atoms with Crippen molar-refractivity contribution in [3.05, 3.63) is 78.0 Å². The van der Waals surface area contributed by atoms with Gasteiger partial charge < -0.3 is 14.8 Å². The third kappa shape index (κ3) is 4.53. The van der Waals surface area contributed by atoms with E-state index in [0.29, 0.717) is 11.3 Å². The number of carbonyl (C=O) groups excluding carboxylic acids is 2. The van der Waals surface area contributed by atoms with Gasteiger partial charge in [0.05, 0.1) is 12.6 Å². The van der Waals surface area contributed by atoms with Crippen LogP contribution in [-0.2, 0) is 25.5 Å². The predicted molar refractivity (Wildman–Crippen MR) is 106 cm³/mol. The summed E-state index contributed by atoms with van der Waals surface area (Å²) in [6, 6.07) is 19.7. The number of nitrogens with one attached hydrogen (secondary N) is 1. The van der Waals surface area contributed by atoms with Gasteiger partial charge in [0.2, 0.25) is 0 Å². The largest absolute Gasteiger partial charge is 0.467 e. The number of fused-ring (bicyclic) bond motifs is 1. The summed E-state index contributed by atoms with van der Waals surface area (Å²) in [6.45, 7) is 0. The summed E-state index contributed by atoms with van der Waals surface area (Å²) < 4.78 is 10.2. The summed E-state index contributed by atoms with van der Waals surface area (Å²) in [7, 11) is 2.75. The van der Waals surface area contributed by atoms with Crippen LogP contribution >= 0.6 is 0 Å². The smallest absolute Gasteiger partial charge is 0.328 e. The van der Waals surface area contributed by atoms with Crippen LogP contribution in [0.2, 0.25) is 0 Å². The number of rotatable bonds is 7. The summed E-state index contributed by atoms with van der Waals surface area (Å²) in [5.74, 6) is -0.948. The Kier molecular flexibility index (Phi) is 6.34. The summed E-state index contributed by atoms with van der Waals surface area (Å²) in [6.07, 6.45) is -0.605. The SMILES string of the molecule is COC(=O)[C@@H](Cc1ccc2ccccc2n1)NC(=O)[C@H](OC)c1ccccc1. The number of aromatic nitrogens is 1. The van der Waals surface area contributed by atoms with E-state index in [4.69, 9.17) is 9.47 Å². The lowest BCUT2D eigenvalue weighted by atomic mass is 10.1. The van der Waals surface area contributed by atoms with Crippen LogP contribution in [0.25, 0.3) is 10.9 Å². The Balaban J connectivity index is 1.79. The molecule has 0 aliphatic heterocycles. The first kappa shape index (κ1) is 19.5. The molecule has 0 saturated heterocycles. The molecule has 3 rings (SSSR count). The fourth-order valence-corrected chi connectivity index (χ4v) is 3.04. The van der Waals surface area contributed by atoms with E-state index in [1.807, 2.05) is 54.6 Å². The molecule has 144 valence electrons. The highest BCUT2D eigenvalue weighted by atomic mass is 16.5. The van der Waals surface area contributed by atoms with E-state index in [1.165, 1.54) is 14.2 Å². The molecule has 6 heteroatoms. The Morgan fingerprint density at radius 1 is 0.964 bits per heavy atom. The van der Waals surface area contributed by atoms with Gasteiger partial charge in [0.25, 0.3) is 5.91 Å². The lowest BCUT2D eigenvalue weighted by Gasteiger charge is -2.20. The summed E-state index contributed by atoms with van der Waals surface area (Å²) in [4.78, 5) is 29.6. The molecule has 0 aliphatic rings. The van der Waals surface area contributed by atoms with E-state index in [0.717, 1.165) is 10.9 Å². The molecule has 0 spiro atoms. The topological polar surface area (TPSA) is 77.5 Å². The number of hydrogen-bond donors (Lipinski definition) is 1. The highest BCUT2D eigenvalue weighted by molar-refractivity contribution is 5.88. The van der Waals surface area contributed by atoms with Crippen LogP contribution in [0.5, 0.6) is 0 Å². The van der Waals surface area contributed by atoms with Crippen molar-refractivity contribution in [1.82, 2.24) is 10.3 Å². The van der Waals surface area contributed by atoms with Crippen LogP contribution in [0.1, 0.15) is 17.4 Å². The lowest BCUT2D eigenvalue weighted by Crippen LogP contribution is -2.45. The second kappa shape index (κ2) is 9.10. The molecule has 0 unspecified atom stereocenters. The second-order valence-electron chi connectivity index (χ2n) is 6.31. The highest BCUT2D eigenvalue weighted by Crippen LogP contribution is 2.17. The molecule has 3 aromatic rings. The van der Waals surface area contributed by atoms with E-state index >= 15 is 0 Å². The molecule has 0 saturated carbocycles. The number of ether oxygens (including phenoxy) is 2. The molecule has 1 aromatic heterocycles. The minimum Gasteiger partial charge on any atom is -0.467 e. The minimum atomic E-state index is -0.868. The minimum absolute atomic E-state index is 0.217. The maximum atomic E-state index is 12.7. The standard InChI is InChI=1S/C22H22N2O4/c1-27-20(16-9-4-3-5-10-16)21(25)24-19(22(26)28-2)14-17-13-12-15-8-6-7-11-18(15)23-17/h3-13,19-20H,14H2,1-2H3,(H,24,25)/t19-,20-/m1/s1. The summed E-state index contributed by atoms with van der Waals surface area (Å²) in [5.41, 5.74) is 2.21. The summed E-state index contributed by atoms with van der Waals surface area (Å²) >= 11 is 0. The number of methoxy groups -OCH3 is 2. The van der Waals surface area contributed by atoms with E-state index in [9.17, 15) is 9.59 Å². The van der Waals surface area contributed by atoms with Gasteiger partial charge >= 0.3 is 5.97 Å². The van der Waals surface area contributed by atoms with Gasteiger partial charge in [0.15, 0.2) is 6.10 Å². The average Bonchev–Trinajstić information content (AvgIpc) is 2.74. The van der Waals surface area contributed by atoms with Gasteiger partial charge in [-0.1, -0.05) is 54.6 Å². The first-order valence-corrected chi connectivity index (χ1v) is 8.93. The van der Waals surface area contributed by atoms with Gasteiger partial charge in [-0.3, -0.25) is 9.78 Å². The zero-order valence-corrected chi connectivity index (χ0v) is 15.8. The molecule has 1 N–H and O–H groups in total. The Hall–Kier alpha value is -3.25. The van der Waals surface area contributed by atoms with Crippen molar-refractivity contribution < 1.29 is 19.1 Å². The van der Waals surface area contributed by atoms with Crippen molar-refractivity contribution in [1.29, 1.82) is 0 Å². The maximum Gasteiger partial charge on any atom is 0.328 e. The third-order valence-corrected chi connectivity index (χ3v) is 4.45. The molecule has 0 radical (unpaired) electrons. The molecule has 2 atom stereocenters. The first-order chi connectivity index (χ1) is 13.6. The molecule has 2 aromatic carbocycles. The second-order valence-corrected chi connectivity index (χ2v) is 6.31. The Labute approximate surface area is 163 Å². The normalized spacial score (nSPS) is 12.9. The van der Waals surface area contributed by atoms with Crippen LogP contribution in [0.3, 0.4) is 0 Å². The van der Waals surface area contributed by atoms with Crippen molar-refractivity contribution in [3.8, 4) is 0 Å². The zero-order valence-electron chi connectivity index (χ0n) is 15.8. The number of benzene rings is 2. The zero-order chi connectivity index (χ0) is 19.9. The number of hydrogen-bond acceptors (Lipinski definition) is 5. The van der Waals surface area contributed by atoms with Gasteiger partial charge in [-0.2, -0.15) is 0 Å². The van der Waals surface area contributed by atoms with Crippen LogP contribution in [0.15, 0.2) is 66.7 Å². The van der Waals surface area contributed by atoms with Crippen molar-refractivity contribution in [2.24, 2.45) is 0 Å². The molecule has 0 bridgehead atoms. The molecule has 6 nitrogen and oxygen atoms in total. The number of amides is 1. The number of carbonyl (C=O) groups is 2. The molecule has 0 aliphatic carbocycles. The lowest BCUT2D eigenvalue weighted by molar-refractivity contribution is -0.146. The molecular weight excluding hydrogens is 356 g/mol. The van der Waals surface area contributed by atoms with E-state index in [-0.39, 0.29) is 6.42 Å². The third-order valence-electron chi connectivity index (χ3n) is 4.45. The van der Waals surface area contributed by atoms with E-state index in [1.54, 1.807) is 12.1 Å². The Morgan fingerprint density at radius 3 is 2.39 bits per heavy atom. The number of nitrogens with zero attached hydrogens (tertiary/aromatic N) is 1. The van der Waals surface area contributed by atoms with Crippen LogP contribution in [0, 0.1) is 0 Å². The van der Waals surface area contributed by atoms with Crippen molar-refractivity contribution in [3.63, 3.8) is 0 Å². The molecule has 28 heavy (non-hydrogen) atoms. The van der Waals surface area contributed by atoms with Gasteiger partial charge in [0, 0.05) is 24.6 Å².